The number of carbonyl (C=O) groups excluding carboxylic acids is 3. The SMILES string of the molecule is CC(=O)N1CCCC(C)C(=O)N2C(C(=O)Nc3cccc4ccccc34)CCC12. The first kappa shape index (κ1) is 19.4. The zero-order chi connectivity index (χ0) is 20.5. The molecule has 29 heavy (non-hydrogen) atoms. The average molecular weight is 393 g/mol. The molecule has 6 nitrogen and oxygen atoms in total. The Labute approximate surface area is 170 Å². The first-order valence-corrected chi connectivity index (χ1v) is 10.4. The van der Waals surface area contributed by atoms with Crippen molar-refractivity contribution < 1.29 is 14.4 Å². The first-order valence-electron chi connectivity index (χ1n) is 10.4. The molecular weight excluding hydrogens is 366 g/mol. The fourth-order valence-electron chi connectivity index (χ4n) is 4.67. The smallest absolute Gasteiger partial charge is 0.247 e. The van der Waals surface area contributed by atoms with Gasteiger partial charge in [0.05, 0.1) is 0 Å². The van der Waals surface area contributed by atoms with Gasteiger partial charge in [-0.2, -0.15) is 0 Å². The summed E-state index contributed by atoms with van der Waals surface area (Å²) in [6.07, 6.45) is 2.40. The van der Waals surface area contributed by atoms with Gasteiger partial charge in [0.15, 0.2) is 0 Å². The third-order valence-electron chi connectivity index (χ3n) is 6.18. The summed E-state index contributed by atoms with van der Waals surface area (Å²) in [4.78, 5) is 42.0. The predicted octanol–water partition coefficient (Wildman–Crippen LogP) is 3.37. The van der Waals surface area contributed by atoms with Gasteiger partial charge in [-0.25, -0.2) is 0 Å². The molecular formula is C23H27N3O3. The van der Waals surface area contributed by atoms with E-state index in [4.69, 9.17) is 0 Å². The van der Waals surface area contributed by atoms with E-state index >= 15 is 0 Å². The molecule has 4 rings (SSSR count). The van der Waals surface area contributed by atoms with Crippen LogP contribution in [0.25, 0.3) is 10.8 Å². The molecule has 2 saturated heterocycles. The van der Waals surface area contributed by atoms with Gasteiger partial charge in [-0.1, -0.05) is 43.3 Å². The monoisotopic (exact) mass is 393 g/mol. The Morgan fingerprint density at radius 3 is 2.59 bits per heavy atom. The van der Waals surface area contributed by atoms with Gasteiger partial charge in [0.1, 0.15) is 12.2 Å². The van der Waals surface area contributed by atoms with Crippen LogP contribution in [0.15, 0.2) is 42.5 Å². The van der Waals surface area contributed by atoms with E-state index in [-0.39, 0.29) is 29.8 Å². The van der Waals surface area contributed by atoms with E-state index in [1.54, 1.807) is 9.80 Å². The number of nitrogens with one attached hydrogen (secondary N) is 1. The lowest BCUT2D eigenvalue weighted by atomic mass is 10.0. The van der Waals surface area contributed by atoms with E-state index < -0.39 is 6.04 Å². The molecule has 2 fully saturated rings. The molecule has 2 aliphatic rings. The van der Waals surface area contributed by atoms with Gasteiger partial charge in [0, 0.05) is 30.5 Å². The van der Waals surface area contributed by atoms with Crippen molar-refractivity contribution in [3.05, 3.63) is 42.5 Å². The molecule has 0 aromatic heterocycles. The van der Waals surface area contributed by atoms with E-state index in [2.05, 4.69) is 5.32 Å². The van der Waals surface area contributed by atoms with Crippen molar-refractivity contribution in [3.8, 4) is 0 Å². The van der Waals surface area contributed by atoms with Crippen LogP contribution in [0.2, 0.25) is 0 Å². The predicted molar refractivity (Wildman–Crippen MR) is 112 cm³/mol. The molecule has 3 amide bonds. The van der Waals surface area contributed by atoms with E-state index in [1.165, 1.54) is 6.92 Å². The number of carbonyl (C=O) groups is 3. The molecule has 2 aliphatic heterocycles. The molecule has 152 valence electrons. The zero-order valence-electron chi connectivity index (χ0n) is 16.9. The van der Waals surface area contributed by atoms with Crippen LogP contribution in [0.4, 0.5) is 5.69 Å². The molecule has 3 unspecified atom stereocenters. The van der Waals surface area contributed by atoms with E-state index in [0.29, 0.717) is 19.4 Å². The molecule has 0 bridgehead atoms. The summed E-state index contributed by atoms with van der Waals surface area (Å²) in [5.74, 6) is -0.403. The number of hydrogen-bond donors (Lipinski definition) is 1. The first-order chi connectivity index (χ1) is 14.0. The van der Waals surface area contributed by atoms with Crippen molar-refractivity contribution in [1.82, 2.24) is 9.80 Å². The highest BCUT2D eigenvalue weighted by Crippen LogP contribution is 2.33. The lowest BCUT2D eigenvalue weighted by molar-refractivity contribution is -0.152. The minimum Gasteiger partial charge on any atom is -0.324 e. The fraction of sp³-hybridized carbons (Fsp3) is 0.435. The highest BCUT2D eigenvalue weighted by atomic mass is 16.2. The molecule has 0 saturated carbocycles. The third-order valence-corrected chi connectivity index (χ3v) is 6.18. The van der Waals surface area contributed by atoms with Crippen molar-refractivity contribution in [2.45, 2.75) is 51.7 Å². The molecule has 2 aromatic carbocycles. The third kappa shape index (κ3) is 3.59. The van der Waals surface area contributed by atoms with Crippen LogP contribution in [0.5, 0.6) is 0 Å². The van der Waals surface area contributed by atoms with Gasteiger partial charge >= 0.3 is 0 Å². The largest absolute Gasteiger partial charge is 0.324 e. The van der Waals surface area contributed by atoms with Gasteiger partial charge in [-0.15, -0.1) is 0 Å². The summed E-state index contributed by atoms with van der Waals surface area (Å²) in [5, 5.41) is 5.06. The van der Waals surface area contributed by atoms with Crippen LogP contribution in [0, 0.1) is 5.92 Å². The quantitative estimate of drug-likeness (QED) is 0.850. The molecule has 0 aliphatic carbocycles. The topological polar surface area (TPSA) is 69.7 Å². The van der Waals surface area contributed by atoms with E-state index in [0.717, 1.165) is 29.3 Å². The summed E-state index contributed by atoms with van der Waals surface area (Å²) < 4.78 is 0. The Balaban J connectivity index is 1.62. The maximum atomic E-state index is 13.2. The van der Waals surface area contributed by atoms with Gasteiger partial charge in [-0.3, -0.25) is 14.4 Å². The maximum Gasteiger partial charge on any atom is 0.247 e. The number of amides is 3. The van der Waals surface area contributed by atoms with Crippen LogP contribution in [-0.2, 0) is 14.4 Å². The van der Waals surface area contributed by atoms with Crippen LogP contribution in [0.3, 0.4) is 0 Å². The van der Waals surface area contributed by atoms with Gasteiger partial charge < -0.3 is 15.1 Å². The minimum atomic E-state index is -0.561. The van der Waals surface area contributed by atoms with Crippen molar-refractivity contribution in [3.63, 3.8) is 0 Å². The summed E-state index contributed by atoms with van der Waals surface area (Å²) in [6.45, 7) is 4.09. The Bertz CT molecular complexity index is 952. The van der Waals surface area contributed by atoms with Crippen molar-refractivity contribution in [2.75, 3.05) is 11.9 Å². The van der Waals surface area contributed by atoms with Gasteiger partial charge in [0.25, 0.3) is 0 Å². The van der Waals surface area contributed by atoms with Crippen LogP contribution in [-0.4, -0.2) is 46.3 Å². The molecule has 3 atom stereocenters. The zero-order valence-corrected chi connectivity index (χ0v) is 16.9. The van der Waals surface area contributed by atoms with Gasteiger partial charge in [0.2, 0.25) is 17.7 Å². The Morgan fingerprint density at radius 1 is 1.03 bits per heavy atom. The maximum absolute atomic E-state index is 13.2. The number of rotatable bonds is 2. The van der Waals surface area contributed by atoms with Crippen molar-refractivity contribution >= 4 is 34.2 Å². The van der Waals surface area contributed by atoms with Crippen molar-refractivity contribution in [2.24, 2.45) is 5.92 Å². The highest BCUT2D eigenvalue weighted by molar-refractivity contribution is 6.05. The number of fused-ring (bicyclic) bond motifs is 2. The Morgan fingerprint density at radius 2 is 1.79 bits per heavy atom. The normalized spacial score (nSPS) is 24.8. The van der Waals surface area contributed by atoms with E-state index in [1.807, 2.05) is 49.4 Å². The highest BCUT2D eigenvalue weighted by Gasteiger charge is 2.46. The number of hydrogen-bond acceptors (Lipinski definition) is 3. The Kier molecular flexibility index (Phi) is 5.26. The molecule has 0 spiro atoms. The van der Waals surface area contributed by atoms with Crippen LogP contribution < -0.4 is 5.32 Å². The van der Waals surface area contributed by atoms with Gasteiger partial charge in [-0.05, 0) is 37.1 Å². The second kappa shape index (κ2) is 7.85. The summed E-state index contributed by atoms with van der Waals surface area (Å²) in [5.41, 5.74) is 0.743. The fourth-order valence-corrected chi connectivity index (χ4v) is 4.67. The standard InChI is InChI=1S/C23H27N3O3/c1-15-7-6-14-25(16(2)27)21-13-12-20(26(21)23(15)29)22(28)24-19-11-5-9-17-8-3-4-10-18(17)19/h3-5,8-11,15,20-21H,6-7,12-14H2,1-2H3,(H,24,28). The number of benzene rings is 2. The molecule has 1 N–H and O–H groups in total. The average Bonchev–Trinajstić information content (AvgIpc) is 3.14. The molecule has 2 aromatic rings. The minimum absolute atomic E-state index is 0.0310. The molecule has 0 radical (unpaired) electrons. The van der Waals surface area contributed by atoms with Crippen molar-refractivity contribution in [1.29, 1.82) is 0 Å². The number of nitrogens with zero attached hydrogens (tertiary/aromatic N) is 2. The Hall–Kier alpha value is -2.89. The van der Waals surface area contributed by atoms with Crippen LogP contribution in [0.1, 0.15) is 39.5 Å². The molecule has 6 heteroatoms. The van der Waals surface area contributed by atoms with Crippen LogP contribution >= 0.6 is 0 Å². The number of anilines is 1. The molecule has 2 heterocycles. The lowest BCUT2D eigenvalue weighted by Crippen LogP contribution is -2.56. The summed E-state index contributed by atoms with van der Waals surface area (Å²) >= 11 is 0. The van der Waals surface area contributed by atoms with E-state index in [9.17, 15) is 14.4 Å². The second-order valence-electron chi connectivity index (χ2n) is 8.09. The lowest BCUT2D eigenvalue weighted by Gasteiger charge is -2.40. The second-order valence-corrected chi connectivity index (χ2v) is 8.09. The summed E-state index contributed by atoms with van der Waals surface area (Å²) in [6, 6.07) is 13.1. The summed E-state index contributed by atoms with van der Waals surface area (Å²) in [7, 11) is 0.